The molecule has 0 spiro atoms. The van der Waals surface area contributed by atoms with Crippen LogP contribution < -0.4 is 9.47 Å². The second kappa shape index (κ2) is 9.67. The molecule has 2 heterocycles. The number of aliphatic hydroxyl groups is 2. The molecule has 164 valence electrons. The van der Waals surface area contributed by atoms with Crippen molar-refractivity contribution in [3.05, 3.63) is 71.4 Å². The van der Waals surface area contributed by atoms with Crippen molar-refractivity contribution in [3.63, 3.8) is 0 Å². The van der Waals surface area contributed by atoms with Gasteiger partial charge in [-0.2, -0.15) is 17.6 Å². The molecule has 0 bridgehead atoms. The number of aromatic nitrogens is 2. The first-order valence-electron chi connectivity index (χ1n) is 8.72. The molecular weight excluding hydrogens is 427 g/mol. The molecule has 1 aromatic carbocycles. The summed E-state index contributed by atoms with van der Waals surface area (Å²) in [5.41, 5.74) is -0.453. The molecule has 2 aromatic heterocycles. The van der Waals surface area contributed by atoms with Crippen molar-refractivity contribution in [2.75, 3.05) is 0 Å². The van der Waals surface area contributed by atoms with Gasteiger partial charge in [-0.25, -0.2) is 9.37 Å². The Kier molecular flexibility index (Phi) is 6.98. The zero-order chi connectivity index (χ0) is 22.5. The van der Waals surface area contributed by atoms with Crippen molar-refractivity contribution in [1.82, 2.24) is 9.97 Å². The highest BCUT2D eigenvalue weighted by atomic mass is 19.3. The van der Waals surface area contributed by atoms with Crippen LogP contribution in [0.5, 0.6) is 11.6 Å². The topological polar surface area (TPSA) is 84.7 Å². The summed E-state index contributed by atoms with van der Waals surface area (Å²) >= 11 is 0. The lowest BCUT2D eigenvalue weighted by Crippen LogP contribution is -2.09. The second-order valence-corrected chi connectivity index (χ2v) is 6.13. The second-order valence-electron chi connectivity index (χ2n) is 6.13. The maximum absolute atomic E-state index is 15.4. The van der Waals surface area contributed by atoms with Gasteiger partial charge < -0.3 is 19.7 Å². The first kappa shape index (κ1) is 22.4. The summed E-state index contributed by atoms with van der Waals surface area (Å²) in [7, 11) is 0. The summed E-state index contributed by atoms with van der Waals surface area (Å²) in [6.45, 7) is -6.82. The quantitative estimate of drug-likeness (QED) is 0.512. The molecule has 0 aliphatic carbocycles. The molecule has 6 nitrogen and oxygen atoms in total. The molecule has 3 aromatic rings. The standard InChI is InChI=1S/C20H15F5N2O4/c21-17-13(18(29)11-1-2-12(9-28)27-8-11)3-4-14(30-19(22)23)16(17)10-5-6-26-15(7-10)31-20(24)25/h1-8,18-20,28-29H,9H2/t18-/m0/s1. The maximum Gasteiger partial charge on any atom is 0.388 e. The fraction of sp³-hybridized carbons (Fsp3) is 0.200. The number of hydrogen-bond acceptors (Lipinski definition) is 6. The maximum atomic E-state index is 15.4. The third-order valence-electron chi connectivity index (χ3n) is 4.20. The normalized spacial score (nSPS) is 12.3. The molecule has 0 amide bonds. The van der Waals surface area contributed by atoms with E-state index < -0.39 is 42.3 Å². The molecule has 31 heavy (non-hydrogen) atoms. The smallest absolute Gasteiger partial charge is 0.388 e. The van der Waals surface area contributed by atoms with Crippen molar-refractivity contribution in [2.45, 2.75) is 25.9 Å². The molecule has 0 unspecified atom stereocenters. The molecule has 1 atom stereocenters. The van der Waals surface area contributed by atoms with Gasteiger partial charge in [0.2, 0.25) is 5.88 Å². The van der Waals surface area contributed by atoms with Crippen LogP contribution in [0.4, 0.5) is 22.0 Å². The van der Waals surface area contributed by atoms with Gasteiger partial charge in [-0.1, -0.05) is 6.07 Å². The van der Waals surface area contributed by atoms with Crippen LogP contribution in [-0.2, 0) is 6.61 Å². The number of hydrogen-bond donors (Lipinski definition) is 2. The van der Waals surface area contributed by atoms with Crippen molar-refractivity contribution in [3.8, 4) is 22.8 Å². The number of benzene rings is 1. The van der Waals surface area contributed by atoms with Gasteiger partial charge in [0.25, 0.3) is 0 Å². The fourth-order valence-electron chi connectivity index (χ4n) is 2.84. The number of aliphatic hydroxyl groups excluding tert-OH is 2. The molecule has 0 aliphatic rings. The Balaban J connectivity index is 2.09. The molecule has 3 rings (SSSR count). The van der Waals surface area contributed by atoms with Crippen LogP contribution in [-0.4, -0.2) is 33.4 Å². The van der Waals surface area contributed by atoms with Crippen LogP contribution in [0.2, 0.25) is 0 Å². The van der Waals surface area contributed by atoms with E-state index in [1.165, 1.54) is 24.4 Å². The van der Waals surface area contributed by atoms with Gasteiger partial charge in [0.15, 0.2) is 0 Å². The lowest BCUT2D eigenvalue weighted by Gasteiger charge is -2.18. The average molecular weight is 442 g/mol. The van der Waals surface area contributed by atoms with Gasteiger partial charge in [0, 0.05) is 29.6 Å². The lowest BCUT2D eigenvalue weighted by atomic mass is 9.96. The largest absolute Gasteiger partial charge is 0.434 e. The highest BCUT2D eigenvalue weighted by Gasteiger charge is 2.24. The monoisotopic (exact) mass is 442 g/mol. The Morgan fingerprint density at radius 3 is 2.29 bits per heavy atom. The Bertz CT molecular complexity index is 1030. The van der Waals surface area contributed by atoms with Crippen molar-refractivity contribution in [2.24, 2.45) is 0 Å². The zero-order valence-corrected chi connectivity index (χ0v) is 15.6. The highest BCUT2D eigenvalue weighted by Crippen LogP contribution is 2.39. The first-order valence-corrected chi connectivity index (χ1v) is 8.72. The number of nitrogens with zero attached hydrogens (tertiary/aromatic N) is 2. The van der Waals surface area contributed by atoms with Crippen LogP contribution in [0.15, 0.2) is 48.8 Å². The fourth-order valence-corrected chi connectivity index (χ4v) is 2.84. The van der Waals surface area contributed by atoms with E-state index in [-0.39, 0.29) is 23.3 Å². The number of ether oxygens (including phenoxy) is 2. The SMILES string of the molecule is OCc1ccc([C@H](O)c2ccc(OC(F)F)c(-c3ccnc(OC(F)F)c3)c2F)cn1. The molecule has 0 radical (unpaired) electrons. The number of pyridine rings is 2. The summed E-state index contributed by atoms with van der Waals surface area (Å²) < 4.78 is 74.6. The highest BCUT2D eigenvalue weighted by molar-refractivity contribution is 5.73. The van der Waals surface area contributed by atoms with Crippen LogP contribution in [0.1, 0.15) is 22.9 Å². The third kappa shape index (κ3) is 5.25. The molecular formula is C20H15F5N2O4. The molecule has 2 N–H and O–H groups in total. The van der Waals surface area contributed by atoms with E-state index in [0.717, 1.165) is 24.4 Å². The van der Waals surface area contributed by atoms with E-state index in [1.807, 2.05) is 0 Å². The minimum atomic E-state index is -3.29. The predicted molar refractivity (Wildman–Crippen MR) is 97.1 cm³/mol. The van der Waals surface area contributed by atoms with Crippen molar-refractivity contribution >= 4 is 0 Å². The minimum Gasteiger partial charge on any atom is -0.434 e. The number of halogens is 5. The molecule has 0 saturated heterocycles. The van der Waals surface area contributed by atoms with Crippen LogP contribution in [0.3, 0.4) is 0 Å². The van der Waals surface area contributed by atoms with Gasteiger partial charge >= 0.3 is 13.2 Å². The summed E-state index contributed by atoms with van der Waals surface area (Å²) in [4.78, 5) is 7.45. The molecule has 0 aliphatic heterocycles. The van der Waals surface area contributed by atoms with Gasteiger partial charge in [0.05, 0.1) is 17.9 Å². The number of alkyl halides is 4. The zero-order valence-electron chi connectivity index (χ0n) is 15.6. The van der Waals surface area contributed by atoms with Crippen LogP contribution >= 0.6 is 0 Å². The Morgan fingerprint density at radius 2 is 1.68 bits per heavy atom. The van der Waals surface area contributed by atoms with Gasteiger partial charge in [-0.15, -0.1) is 0 Å². The van der Waals surface area contributed by atoms with Gasteiger partial charge in [-0.3, -0.25) is 4.98 Å². The van der Waals surface area contributed by atoms with E-state index in [2.05, 4.69) is 19.4 Å². The predicted octanol–water partition coefficient (Wildman–Crippen LogP) is 4.06. The third-order valence-corrected chi connectivity index (χ3v) is 4.20. The van der Waals surface area contributed by atoms with E-state index in [4.69, 9.17) is 5.11 Å². The van der Waals surface area contributed by atoms with Crippen molar-refractivity contribution < 1.29 is 41.6 Å². The summed E-state index contributed by atoms with van der Waals surface area (Å²) in [6, 6.07) is 7.01. The van der Waals surface area contributed by atoms with Crippen LogP contribution in [0, 0.1) is 5.82 Å². The molecule has 0 fully saturated rings. The molecule has 11 heteroatoms. The first-order chi connectivity index (χ1) is 14.8. The Morgan fingerprint density at radius 1 is 0.935 bits per heavy atom. The Labute approximate surface area is 172 Å². The molecule has 0 saturated carbocycles. The minimum absolute atomic E-state index is 0.137. The summed E-state index contributed by atoms with van der Waals surface area (Å²) in [6.07, 6.45) is 0.706. The van der Waals surface area contributed by atoms with E-state index in [0.29, 0.717) is 5.69 Å². The number of rotatable bonds is 8. The summed E-state index contributed by atoms with van der Waals surface area (Å²) in [5.74, 6) is -2.26. The van der Waals surface area contributed by atoms with Crippen molar-refractivity contribution in [1.29, 1.82) is 0 Å². The van der Waals surface area contributed by atoms with E-state index in [1.54, 1.807) is 0 Å². The summed E-state index contributed by atoms with van der Waals surface area (Å²) in [5, 5.41) is 19.6. The van der Waals surface area contributed by atoms with Gasteiger partial charge in [0.1, 0.15) is 17.7 Å². The average Bonchev–Trinajstić information content (AvgIpc) is 2.73. The van der Waals surface area contributed by atoms with E-state index in [9.17, 15) is 22.7 Å². The van der Waals surface area contributed by atoms with E-state index >= 15 is 4.39 Å². The van der Waals surface area contributed by atoms with Crippen LogP contribution in [0.25, 0.3) is 11.1 Å². The lowest BCUT2D eigenvalue weighted by molar-refractivity contribution is -0.0528. The van der Waals surface area contributed by atoms with Gasteiger partial charge in [-0.05, 0) is 29.8 Å². The Hall–Kier alpha value is -3.31.